The van der Waals surface area contributed by atoms with Gasteiger partial charge in [0.05, 0.1) is 0 Å². The highest BCUT2D eigenvalue weighted by molar-refractivity contribution is 6.72. The molecule has 9 heteroatoms. The summed E-state index contributed by atoms with van der Waals surface area (Å²) in [7, 11) is 0. The van der Waals surface area contributed by atoms with Gasteiger partial charge in [-0.2, -0.15) is 0 Å². The first-order chi connectivity index (χ1) is 12.1. The highest BCUT2D eigenvalue weighted by Gasteiger charge is 2.22. The number of halogens is 4. The molecule has 0 aromatic heterocycles. The van der Waals surface area contributed by atoms with Gasteiger partial charge in [0.25, 0.3) is 21.0 Å². The van der Waals surface area contributed by atoms with Crippen LogP contribution in [-0.4, -0.2) is 26.8 Å². The normalized spacial score (nSPS) is 10.3. The highest BCUT2D eigenvalue weighted by Crippen LogP contribution is 2.23. The maximum absolute atomic E-state index is 12.7. The van der Waals surface area contributed by atoms with Gasteiger partial charge in [0, 0.05) is 33.4 Å². The van der Waals surface area contributed by atoms with E-state index < -0.39 is 26.8 Å². The SMILES string of the molecule is O=C(Cl)c1ccc(C(=O)c2ccc(C(=O)Cl)c(C(=O)Cl)c2)c(C(=O)Cl)c1. The third kappa shape index (κ3) is 4.19. The second-order valence-corrected chi connectivity index (χ2v) is 6.32. The van der Waals surface area contributed by atoms with E-state index in [2.05, 4.69) is 0 Å². The smallest absolute Gasteiger partial charge is 0.253 e. The topological polar surface area (TPSA) is 85.3 Å². The lowest BCUT2D eigenvalue weighted by atomic mass is 9.95. The highest BCUT2D eigenvalue weighted by atomic mass is 35.5. The standard InChI is InChI=1S/C17H6Cl4O5/c18-14(23)8-2-3-9(11(6-8)16(20)25)13(22)7-1-4-10(15(19)24)12(5-7)17(21)26/h1-6H. The van der Waals surface area contributed by atoms with Gasteiger partial charge in [-0.25, -0.2) is 0 Å². The van der Waals surface area contributed by atoms with Crippen LogP contribution in [0.15, 0.2) is 36.4 Å². The van der Waals surface area contributed by atoms with Crippen molar-refractivity contribution in [3.05, 3.63) is 69.8 Å². The van der Waals surface area contributed by atoms with E-state index in [0.717, 1.165) is 18.2 Å². The maximum atomic E-state index is 12.7. The molecule has 26 heavy (non-hydrogen) atoms. The van der Waals surface area contributed by atoms with E-state index in [1.165, 1.54) is 18.2 Å². The maximum Gasteiger partial charge on any atom is 0.253 e. The van der Waals surface area contributed by atoms with Crippen molar-refractivity contribution >= 4 is 73.2 Å². The Labute approximate surface area is 166 Å². The quantitative estimate of drug-likeness (QED) is 0.498. The predicted molar refractivity (Wildman–Crippen MR) is 97.1 cm³/mol. The van der Waals surface area contributed by atoms with Gasteiger partial charge in [0.15, 0.2) is 5.78 Å². The van der Waals surface area contributed by atoms with E-state index in [9.17, 15) is 24.0 Å². The molecule has 0 aliphatic carbocycles. The minimum atomic E-state index is -0.986. The molecule has 2 rings (SSSR count). The molecule has 0 heterocycles. The molecule has 0 amide bonds. The van der Waals surface area contributed by atoms with Crippen LogP contribution in [0, 0.1) is 0 Å². The number of hydrogen-bond donors (Lipinski definition) is 0. The van der Waals surface area contributed by atoms with Gasteiger partial charge in [0.1, 0.15) is 0 Å². The van der Waals surface area contributed by atoms with Crippen LogP contribution in [0.5, 0.6) is 0 Å². The van der Waals surface area contributed by atoms with Crippen molar-refractivity contribution in [3.8, 4) is 0 Å². The molecule has 0 radical (unpaired) electrons. The van der Waals surface area contributed by atoms with Crippen molar-refractivity contribution in [2.75, 3.05) is 0 Å². The summed E-state index contributed by atoms with van der Waals surface area (Å²) in [5, 5.41) is -3.72. The molecular weight excluding hydrogens is 426 g/mol. The van der Waals surface area contributed by atoms with Gasteiger partial charge < -0.3 is 0 Å². The van der Waals surface area contributed by atoms with Crippen LogP contribution in [0.1, 0.15) is 57.4 Å². The molecule has 0 bridgehead atoms. The van der Waals surface area contributed by atoms with Crippen molar-refractivity contribution in [3.63, 3.8) is 0 Å². The lowest BCUT2D eigenvalue weighted by molar-refractivity contribution is 0.102. The summed E-state index contributed by atoms with van der Waals surface area (Å²) in [4.78, 5) is 58.4. The van der Waals surface area contributed by atoms with Crippen LogP contribution in [-0.2, 0) is 0 Å². The molecule has 0 fully saturated rings. The molecule has 0 N–H and O–H groups in total. The Kier molecular flexibility index (Phi) is 6.31. The van der Waals surface area contributed by atoms with E-state index in [1.807, 2.05) is 0 Å². The van der Waals surface area contributed by atoms with Gasteiger partial charge in [-0.15, -0.1) is 0 Å². The van der Waals surface area contributed by atoms with Crippen molar-refractivity contribution in [1.82, 2.24) is 0 Å². The monoisotopic (exact) mass is 430 g/mol. The van der Waals surface area contributed by atoms with Crippen LogP contribution in [0.2, 0.25) is 0 Å². The molecule has 132 valence electrons. The van der Waals surface area contributed by atoms with E-state index >= 15 is 0 Å². The molecule has 0 spiro atoms. The summed E-state index contributed by atoms with van der Waals surface area (Å²) < 4.78 is 0. The Morgan fingerprint density at radius 1 is 0.500 bits per heavy atom. The molecule has 0 aliphatic rings. The number of carbonyl (C=O) groups is 5. The summed E-state index contributed by atoms with van der Waals surface area (Å²) in [5.41, 5.74) is -0.848. The van der Waals surface area contributed by atoms with Crippen molar-refractivity contribution in [2.24, 2.45) is 0 Å². The first-order valence-corrected chi connectivity index (χ1v) is 8.26. The zero-order valence-electron chi connectivity index (χ0n) is 12.5. The summed E-state index contributed by atoms with van der Waals surface area (Å²) in [6, 6.07) is 7.02. The van der Waals surface area contributed by atoms with Gasteiger partial charge in [-0.1, -0.05) is 6.07 Å². The molecule has 2 aromatic carbocycles. The van der Waals surface area contributed by atoms with Crippen molar-refractivity contribution in [2.45, 2.75) is 0 Å². The van der Waals surface area contributed by atoms with Crippen LogP contribution in [0.4, 0.5) is 0 Å². The van der Waals surface area contributed by atoms with Crippen LogP contribution in [0.25, 0.3) is 0 Å². The Morgan fingerprint density at radius 3 is 1.42 bits per heavy atom. The van der Waals surface area contributed by atoms with Gasteiger partial charge in [-0.3, -0.25) is 24.0 Å². The summed E-state index contributed by atoms with van der Waals surface area (Å²) in [5.74, 6) is -0.685. The second-order valence-electron chi connectivity index (χ2n) is 4.94. The zero-order valence-corrected chi connectivity index (χ0v) is 15.5. The number of carbonyl (C=O) groups excluding carboxylic acids is 5. The molecule has 0 atom stereocenters. The van der Waals surface area contributed by atoms with Gasteiger partial charge in [-0.05, 0) is 76.7 Å². The lowest BCUT2D eigenvalue weighted by Crippen LogP contribution is -2.11. The second kappa shape index (κ2) is 8.10. The third-order valence-electron chi connectivity index (χ3n) is 3.41. The summed E-state index contributed by atoms with van der Waals surface area (Å²) in [6.07, 6.45) is 0. The Morgan fingerprint density at radius 2 is 0.923 bits per heavy atom. The third-order valence-corrected chi connectivity index (χ3v) is 4.24. The van der Waals surface area contributed by atoms with Crippen LogP contribution in [0.3, 0.4) is 0 Å². The molecule has 5 nitrogen and oxygen atoms in total. The number of benzene rings is 2. The summed E-state index contributed by atoms with van der Waals surface area (Å²) in [6.45, 7) is 0. The van der Waals surface area contributed by atoms with Crippen molar-refractivity contribution < 1.29 is 24.0 Å². The van der Waals surface area contributed by atoms with E-state index in [0.29, 0.717) is 0 Å². The molecular formula is C17H6Cl4O5. The number of ketones is 1. The Hall–Kier alpha value is -2.05. The van der Waals surface area contributed by atoms with Crippen LogP contribution >= 0.6 is 46.4 Å². The molecule has 0 saturated heterocycles. The fourth-order valence-electron chi connectivity index (χ4n) is 2.20. The molecule has 2 aromatic rings. The average Bonchev–Trinajstić information content (AvgIpc) is 2.59. The zero-order chi connectivity index (χ0) is 19.6. The Bertz CT molecular complexity index is 981. The number of rotatable bonds is 6. The summed E-state index contributed by atoms with van der Waals surface area (Å²) >= 11 is 21.6. The minimum Gasteiger partial charge on any atom is -0.289 e. The first-order valence-electron chi connectivity index (χ1n) is 6.75. The molecule has 0 unspecified atom stereocenters. The fourth-order valence-corrected chi connectivity index (χ4v) is 2.80. The predicted octanol–water partition coefficient (Wildman–Crippen LogP) is 4.43. The number of hydrogen-bond acceptors (Lipinski definition) is 5. The van der Waals surface area contributed by atoms with Crippen LogP contribution < -0.4 is 0 Å². The van der Waals surface area contributed by atoms with E-state index in [1.54, 1.807) is 0 Å². The largest absolute Gasteiger partial charge is 0.289 e. The molecule has 0 saturated carbocycles. The van der Waals surface area contributed by atoms with Gasteiger partial charge >= 0.3 is 0 Å². The van der Waals surface area contributed by atoms with E-state index in [-0.39, 0.29) is 33.4 Å². The lowest BCUT2D eigenvalue weighted by Gasteiger charge is -2.09. The average molecular weight is 432 g/mol. The van der Waals surface area contributed by atoms with E-state index in [4.69, 9.17) is 46.4 Å². The Balaban J connectivity index is 2.61. The molecule has 0 aliphatic heterocycles. The first kappa shape index (κ1) is 20.3. The minimum absolute atomic E-state index is 0.0214. The van der Waals surface area contributed by atoms with Gasteiger partial charge in [0.2, 0.25) is 0 Å². The van der Waals surface area contributed by atoms with Crippen molar-refractivity contribution in [1.29, 1.82) is 0 Å². The fraction of sp³-hybridized carbons (Fsp3) is 0.